The first kappa shape index (κ1) is 14.1. The summed E-state index contributed by atoms with van der Waals surface area (Å²) in [6.45, 7) is 6.78. The van der Waals surface area contributed by atoms with E-state index in [-0.39, 0.29) is 0 Å². The first-order chi connectivity index (χ1) is 7.22. The average Bonchev–Trinajstić information content (AvgIpc) is 2.21. The number of carboxylic acid groups (broad SMARTS) is 1. The lowest BCUT2D eigenvalue weighted by Crippen LogP contribution is -2.17. The lowest BCUT2D eigenvalue weighted by atomic mass is 10.2. The number of aliphatic carboxylic acids is 1. The van der Waals surface area contributed by atoms with Crippen LogP contribution in [-0.2, 0) is 9.53 Å². The zero-order chi connectivity index (χ0) is 11.5. The summed E-state index contributed by atoms with van der Waals surface area (Å²) in [5.41, 5.74) is 0.465. The van der Waals surface area contributed by atoms with E-state index in [4.69, 9.17) is 9.84 Å². The lowest BCUT2D eigenvalue weighted by Gasteiger charge is -2.03. The third kappa shape index (κ3) is 8.15. The fourth-order valence-corrected chi connectivity index (χ4v) is 1.12. The van der Waals surface area contributed by atoms with Gasteiger partial charge in [-0.3, -0.25) is 0 Å². The van der Waals surface area contributed by atoms with E-state index in [1.54, 1.807) is 6.08 Å². The van der Waals surface area contributed by atoms with Gasteiger partial charge in [-0.05, 0) is 26.3 Å². The minimum absolute atomic E-state index is 0.465. The summed E-state index contributed by atoms with van der Waals surface area (Å²) in [5, 5.41) is 11.9. The third-order valence-corrected chi connectivity index (χ3v) is 1.99. The van der Waals surface area contributed by atoms with Crippen LogP contribution in [-0.4, -0.2) is 37.4 Å². The molecule has 0 aliphatic rings. The highest BCUT2D eigenvalue weighted by atomic mass is 16.5. The Hall–Kier alpha value is -0.870. The minimum Gasteiger partial charge on any atom is -0.478 e. The van der Waals surface area contributed by atoms with Gasteiger partial charge in [0.2, 0.25) is 0 Å². The number of hydrogen-bond donors (Lipinski definition) is 2. The van der Waals surface area contributed by atoms with Crippen LogP contribution < -0.4 is 5.32 Å². The number of hydrogen-bond acceptors (Lipinski definition) is 3. The summed E-state index contributed by atoms with van der Waals surface area (Å²) in [6.07, 6.45) is 3.25. The highest BCUT2D eigenvalue weighted by molar-refractivity contribution is 5.86. The van der Waals surface area contributed by atoms with Crippen LogP contribution in [0.3, 0.4) is 0 Å². The number of ether oxygens (including phenoxy) is 1. The molecule has 15 heavy (non-hydrogen) atoms. The normalized spacial score (nSPS) is 11.7. The Labute approximate surface area is 91.3 Å². The highest BCUT2D eigenvalue weighted by Gasteiger charge is 2.01. The van der Waals surface area contributed by atoms with E-state index < -0.39 is 5.97 Å². The Morgan fingerprint density at radius 2 is 2.20 bits per heavy atom. The summed E-state index contributed by atoms with van der Waals surface area (Å²) >= 11 is 0. The Balaban J connectivity index is 3.46. The summed E-state index contributed by atoms with van der Waals surface area (Å²) in [5.74, 6) is -0.825. The molecule has 0 amide bonds. The third-order valence-electron chi connectivity index (χ3n) is 1.99. The molecule has 0 bridgehead atoms. The Bertz CT molecular complexity index is 202. The quantitative estimate of drug-likeness (QED) is 0.451. The monoisotopic (exact) mass is 215 g/mol. The SMILES string of the molecule is CCOCCCNC/C=C(/CC)C(=O)O. The van der Waals surface area contributed by atoms with Gasteiger partial charge in [0.15, 0.2) is 0 Å². The van der Waals surface area contributed by atoms with Gasteiger partial charge in [-0.1, -0.05) is 13.0 Å². The second-order valence-electron chi connectivity index (χ2n) is 3.14. The Kier molecular flexibility index (Phi) is 9.11. The van der Waals surface area contributed by atoms with Crippen molar-refractivity contribution in [2.24, 2.45) is 0 Å². The molecular formula is C11H21NO3. The largest absolute Gasteiger partial charge is 0.478 e. The van der Waals surface area contributed by atoms with Gasteiger partial charge in [-0.25, -0.2) is 4.79 Å². The van der Waals surface area contributed by atoms with Crippen LogP contribution in [0.1, 0.15) is 26.7 Å². The molecule has 2 N–H and O–H groups in total. The first-order valence-corrected chi connectivity index (χ1v) is 5.43. The van der Waals surface area contributed by atoms with Crippen molar-refractivity contribution in [1.82, 2.24) is 5.32 Å². The maximum absolute atomic E-state index is 10.6. The number of rotatable bonds is 9. The molecular weight excluding hydrogens is 194 g/mol. The molecule has 0 fully saturated rings. The van der Waals surface area contributed by atoms with Gasteiger partial charge in [0.05, 0.1) is 0 Å². The molecule has 0 heterocycles. The molecule has 4 heteroatoms. The summed E-state index contributed by atoms with van der Waals surface area (Å²) in [4.78, 5) is 10.6. The van der Waals surface area contributed by atoms with Crippen LogP contribution >= 0.6 is 0 Å². The fourth-order valence-electron chi connectivity index (χ4n) is 1.12. The Morgan fingerprint density at radius 3 is 2.73 bits per heavy atom. The zero-order valence-electron chi connectivity index (χ0n) is 9.58. The van der Waals surface area contributed by atoms with E-state index in [2.05, 4.69) is 5.32 Å². The van der Waals surface area contributed by atoms with E-state index in [1.165, 1.54) is 0 Å². The van der Waals surface area contributed by atoms with Gasteiger partial charge in [-0.15, -0.1) is 0 Å². The van der Waals surface area contributed by atoms with Crippen LogP contribution in [0.4, 0.5) is 0 Å². The molecule has 0 spiro atoms. The smallest absolute Gasteiger partial charge is 0.331 e. The van der Waals surface area contributed by atoms with Crippen LogP contribution in [0.2, 0.25) is 0 Å². The maximum Gasteiger partial charge on any atom is 0.331 e. The molecule has 0 saturated heterocycles. The average molecular weight is 215 g/mol. The molecule has 0 aliphatic heterocycles. The molecule has 0 saturated carbocycles. The van der Waals surface area contributed by atoms with Gasteiger partial charge in [-0.2, -0.15) is 0 Å². The van der Waals surface area contributed by atoms with Crippen LogP contribution in [0, 0.1) is 0 Å². The van der Waals surface area contributed by atoms with Gasteiger partial charge in [0.1, 0.15) is 0 Å². The van der Waals surface area contributed by atoms with Gasteiger partial charge in [0, 0.05) is 25.3 Å². The zero-order valence-corrected chi connectivity index (χ0v) is 9.58. The molecule has 0 rings (SSSR count). The predicted molar refractivity (Wildman–Crippen MR) is 60.0 cm³/mol. The standard InChI is InChI=1S/C11H21NO3/c1-3-10(11(13)14)6-8-12-7-5-9-15-4-2/h6,12H,3-5,7-9H2,1-2H3,(H,13,14)/b10-6-. The molecule has 0 aromatic carbocycles. The summed E-state index contributed by atoms with van der Waals surface area (Å²) in [7, 11) is 0. The fraction of sp³-hybridized carbons (Fsp3) is 0.727. The first-order valence-electron chi connectivity index (χ1n) is 5.43. The second-order valence-corrected chi connectivity index (χ2v) is 3.14. The maximum atomic E-state index is 10.6. The van der Waals surface area contributed by atoms with Crippen molar-refractivity contribution in [2.45, 2.75) is 26.7 Å². The Morgan fingerprint density at radius 1 is 1.47 bits per heavy atom. The molecule has 0 unspecified atom stereocenters. The highest BCUT2D eigenvalue weighted by Crippen LogP contribution is 1.98. The molecule has 0 atom stereocenters. The summed E-state index contributed by atoms with van der Waals surface area (Å²) in [6, 6.07) is 0. The predicted octanol–water partition coefficient (Wildman–Crippen LogP) is 1.42. The van der Waals surface area contributed by atoms with Crippen LogP contribution in [0.25, 0.3) is 0 Å². The molecule has 88 valence electrons. The second kappa shape index (κ2) is 9.68. The molecule has 0 aromatic rings. The van der Waals surface area contributed by atoms with Gasteiger partial charge < -0.3 is 15.2 Å². The van der Waals surface area contributed by atoms with E-state index in [0.29, 0.717) is 18.5 Å². The van der Waals surface area contributed by atoms with Crippen molar-refractivity contribution in [1.29, 1.82) is 0 Å². The van der Waals surface area contributed by atoms with Crippen molar-refractivity contribution in [3.05, 3.63) is 11.6 Å². The van der Waals surface area contributed by atoms with Crippen molar-refractivity contribution in [3.63, 3.8) is 0 Å². The van der Waals surface area contributed by atoms with Crippen LogP contribution in [0.15, 0.2) is 11.6 Å². The van der Waals surface area contributed by atoms with Crippen molar-refractivity contribution >= 4 is 5.97 Å². The lowest BCUT2D eigenvalue weighted by molar-refractivity contribution is -0.132. The molecule has 4 nitrogen and oxygen atoms in total. The molecule has 0 aliphatic carbocycles. The number of nitrogens with one attached hydrogen (secondary N) is 1. The van der Waals surface area contributed by atoms with Crippen molar-refractivity contribution < 1.29 is 14.6 Å². The molecule has 0 radical (unpaired) electrons. The van der Waals surface area contributed by atoms with Gasteiger partial charge >= 0.3 is 5.97 Å². The van der Waals surface area contributed by atoms with Crippen LogP contribution in [0.5, 0.6) is 0 Å². The van der Waals surface area contributed by atoms with Crippen molar-refractivity contribution in [2.75, 3.05) is 26.3 Å². The number of carbonyl (C=O) groups is 1. The van der Waals surface area contributed by atoms with E-state index >= 15 is 0 Å². The molecule has 0 aromatic heterocycles. The van der Waals surface area contributed by atoms with Gasteiger partial charge in [0.25, 0.3) is 0 Å². The van der Waals surface area contributed by atoms with E-state index in [9.17, 15) is 4.79 Å². The van der Waals surface area contributed by atoms with E-state index in [1.807, 2.05) is 13.8 Å². The minimum atomic E-state index is -0.825. The topological polar surface area (TPSA) is 58.6 Å². The van der Waals surface area contributed by atoms with Crippen molar-refractivity contribution in [3.8, 4) is 0 Å². The van der Waals surface area contributed by atoms with E-state index in [0.717, 1.165) is 26.2 Å². The number of carboxylic acids is 1. The summed E-state index contributed by atoms with van der Waals surface area (Å²) < 4.78 is 5.17.